The molecule has 0 aliphatic heterocycles. The lowest BCUT2D eigenvalue weighted by atomic mass is 9.76. The zero-order valence-corrected chi connectivity index (χ0v) is 14.5. The maximum Gasteiger partial charge on any atom is 0.220 e. The predicted octanol–water partition coefficient (Wildman–Crippen LogP) is 2.29. The first-order valence-electron chi connectivity index (χ1n) is 9.00. The lowest BCUT2D eigenvalue weighted by molar-refractivity contribution is -0.123. The molecule has 6 nitrogen and oxygen atoms in total. The molecule has 1 aliphatic carbocycles. The normalized spacial score (nSPS) is 20.5. The van der Waals surface area contributed by atoms with E-state index in [0.717, 1.165) is 17.0 Å². The van der Waals surface area contributed by atoms with Crippen molar-refractivity contribution in [3.8, 4) is 0 Å². The number of nitrogens with zero attached hydrogens (tertiary/aromatic N) is 3. The highest BCUT2D eigenvalue weighted by molar-refractivity contribution is 5.76. The van der Waals surface area contributed by atoms with E-state index in [1.807, 2.05) is 53.2 Å². The number of aliphatic hydroxyl groups is 1. The van der Waals surface area contributed by atoms with Crippen LogP contribution in [0.2, 0.25) is 0 Å². The van der Waals surface area contributed by atoms with Crippen LogP contribution in [-0.2, 0) is 11.2 Å². The van der Waals surface area contributed by atoms with Crippen molar-refractivity contribution in [3.63, 3.8) is 0 Å². The van der Waals surface area contributed by atoms with E-state index in [0.29, 0.717) is 25.7 Å². The van der Waals surface area contributed by atoms with E-state index in [-0.39, 0.29) is 24.0 Å². The molecule has 0 radical (unpaired) electrons. The molecule has 2 N–H and O–H groups in total. The van der Waals surface area contributed by atoms with Crippen LogP contribution in [0.15, 0.2) is 55.0 Å². The van der Waals surface area contributed by atoms with Gasteiger partial charge in [0.05, 0.1) is 23.5 Å². The molecule has 1 saturated carbocycles. The highest BCUT2D eigenvalue weighted by atomic mass is 16.3. The highest BCUT2D eigenvalue weighted by Gasteiger charge is 2.36. The number of hydrogen-bond acceptors (Lipinski definition) is 4. The van der Waals surface area contributed by atoms with Crippen LogP contribution in [0.1, 0.15) is 36.7 Å². The van der Waals surface area contributed by atoms with Crippen molar-refractivity contribution in [2.75, 3.05) is 0 Å². The number of carbonyl (C=O) groups excluding carboxylic acids is 1. The molecule has 1 fully saturated rings. The molecule has 1 unspecified atom stereocenters. The van der Waals surface area contributed by atoms with Crippen LogP contribution >= 0.6 is 0 Å². The number of imidazole rings is 1. The number of fused-ring (bicyclic) bond motifs is 1. The van der Waals surface area contributed by atoms with Gasteiger partial charge < -0.3 is 14.8 Å². The van der Waals surface area contributed by atoms with Gasteiger partial charge in [-0.15, -0.1) is 0 Å². The SMILES string of the molecule is O=C(CCc1cn2ccccc2n1)NC(c1ccccn1)C1CC(O)C1. The van der Waals surface area contributed by atoms with Crippen LogP contribution in [-0.4, -0.2) is 31.5 Å². The topological polar surface area (TPSA) is 79.5 Å². The number of pyridine rings is 2. The molecular formula is C20H22N4O2. The van der Waals surface area contributed by atoms with Gasteiger partial charge in [0.2, 0.25) is 5.91 Å². The number of nitrogens with one attached hydrogen (secondary N) is 1. The summed E-state index contributed by atoms with van der Waals surface area (Å²) in [5.41, 5.74) is 2.64. The van der Waals surface area contributed by atoms with Gasteiger partial charge in [-0.2, -0.15) is 0 Å². The second-order valence-corrected chi connectivity index (χ2v) is 6.88. The van der Waals surface area contributed by atoms with E-state index in [1.165, 1.54) is 0 Å². The Bertz CT molecular complexity index is 854. The Morgan fingerprint density at radius 2 is 2.12 bits per heavy atom. The van der Waals surface area contributed by atoms with Crippen LogP contribution in [0, 0.1) is 5.92 Å². The van der Waals surface area contributed by atoms with Crippen LogP contribution in [0.25, 0.3) is 5.65 Å². The molecule has 134 valence electrons. The maximum atomic E-state index is 12.5. The van der Waals surface area contributed by atoms with Gasteiger partial charge in [-0.05, 0) is 49.4 Å². The summed E-state index contributed by atoms with van der Waals surface area (Å²) in [6, 6.07) is 11.4. The van der Waals surface area contributed by atoms with E-state index < -0.39 is 0 Å². The van der Waals surface area contributed by atoms with Gasteiger partial charge >= 0.3 is 0 Å². The van der Waals surface area contributed by atoms with Crippen molar-refractivity contribution in [2.24, 2.45) is 5.92 Å². The van der Waals surface area contributed by atoms with Crippen LogP contribution in [0.3, 0.4) is 0 Å². The summed E-state index contributed by atoms with van der Waals surface area (Å²) in [6.45, 7) is 0. The van der Waals surface area contributed by atoms with E-state index >= 15 is 0 Å². The van der Waals surface area contributed by atoms with Crippen LogP contribution < -0.4 is 5.32 Å². The number of aryl methyl sites for hydroxylation is 1. The fraction of sp³-hybridized carbons (Fsp3) is 0.350. The Balaban J connectivity index is 1.40. The predicted molar refractivity (Wildman–Crippen MR) is 97.4 cm³/mol. The van der Waals surface area contributed by atoms with Gasteiger partial charge in [-0.3, -0.25) is 9.78 Å². The molecule has 1 atom stereocenters. The average molecular weight is 350 g/mol. The van der Waals surface area contributed by atoms with Gasteiger partial charge in [0.15, 0.2) is 0 Å². The summed E-state index contributed by atoms with van der Waals surface area (Å²) in [5.74, 6) is 0.221. The summed E-state index contributed by atoms with van der Waals surface area (Å²) in [6.07, 6.45) is 7.76. The molecule has 3 aromatic heterocycles. The van der Waals surface area contributed by atoms with Crippen molar-refractivity contribution in [3.05, 3.63) is 66.4 Å². The van der Waals surface area contributed by atoms with Gasteiger partial charge in [0.1, 0.15) is 5.65 Å². The van der Waals surface area contributed by atoms with Crippen molar-refractivity contribution in [1.82, 2.24) is 19.7 Å². The number of aromatic nitrogens is 3. The first kappa shape index (κ1) is 16.7. The van der Waals surface area contributed by atoms with Crippen LogP contribution in [0.5, 0.6) is 0 Å². The summed E-state index contributed by atoms with van der Waals surface area (Å²) < 4.78 is 1.96. The molecule has 3 heterocycles. The average Bonchev–Trinajstić information content (AvgIpc) is 3.06. The molecule has 1 amide bonds. The third-order valence-electron chi connectivity index (χ3n) is 4.97. The standard InChI is InChI=1S/C20H22N4O2/c25-16-11-14(12-16)20(17-5-1-3-9-21-17)23-19(26)8-7-15-13-24-10-4-2-6-18(24)22-15/h1-6,9-10,13-14,16,20,25H,7-8,11-12H2,(H,23,26). The number of amides is 1. The van der Waals surface area contributed by atoms with E-state index in [1.54, 1.807) is 6.20 Å². The number of aliphatic hydroxyl groups excluding tert-OH is 1. The molecule has 4 rings (SSSR count). The minimum Gasteiger partial charge on any atom is -0.393 e. The van der Waals surface area contributed by atoms with Crippen molar-refractivity contribution < 1.29 is 9.90 Å². The van der Waals surface area contributed by atoms with E-state index in [4.69, 9.17) is 0 Å². The number of rotatable bonds is 6. The Kier molecular flexibility index (Phi) is 4.67. The second kappa shape index (κ2) is 7.25. The lowest BCUT2D eigenvalue weighted by Gasteiger charge is -2.37. The summed E-state index contributed by atoms with van der Waals surface area (Å²) in [5, 5.41) is 12.7. The van der Waals surface area contributed by atoms with Crippen molar-refractivity contribution >= 4 is 11.6 Å². The maximum absolute atomic E-state index is 12.5. The monoisotopic (exact) mass is 350 g/mol. The highest BCUT2D eigenvalue weighted by Crippen LogP contribution is 2.37. The summed E-state index contributed by atoms with van der Waals surface area (Å²) >= 11 is 0. The third kappa shape index (κ3) is 3.60. The Labute approximate surface area is 151 Å². The summed E-state index contributed by atoms with van der Waals surface area (Å²) in [7, 11) is 0. The van der Waals surface area contributed by atoms with Gasteiger partial charge in [-0.25, -0.2) is 4.98 Å². The van der Waals surface area contributed by atoms with Crippen molar-refractivity contribution in [1.29, 1.82) is 0 Å². The Morgan fingerprint density at radius 1 is 1.27 bits per heavy atom. The van der Waals surface area contributed by atoms with Gasteiger partial charge in [0, 0.05) is 25.0 Å². The molecule has 0 bridgehead atoms. The zero-order valence-electron chi connectivity index (χ0n) is 14.5. The molecule has 0 saturated heterocycles. The molecule has 0 aromatic carbocycles. The fourth-order valence-corrected chi connectivity index (χ4v) is 3.49. The van der Waals surface area contributed by atoms with Gasteiger partial charge in [0.25, 0.3) is 0 Å². The molecular weight excluding hydrogens is 328 g/mol. The number of carbonyl (C=O) groups is 1. The Morgan fingerprint density at radius 3 is 2.85 bits per heavy atom. The van der Waals surface area contributed by atoms with Crippen LogP contribution in [0.4, 0.5) is 0 Å². The minimum absolute atomic E-state index is 0.0147. The molecule has 6 heteroatoms. The molecule has 0 spiro atoms. The third-order valence-corrected chi connectivity index (χ3v) is 4.97. The van der Waals surface area contributed by atoms with E-state index in [2.05, 4.69) is 15.3 Å². The molecule has 26 heavy (non-hydrogen) atoms. The molecule has 1 aliphatic rings. The Hall–Kier alpha value is -2.73. The number of hydrogen-bond donors (Lipinski definition) is 2. The van der Waals surface area contributed by atoms with Crippen molar-refractivity contribution in [2.45, 2.75) is 37.8 Å². The smallest absolute Gasteiger partial charge is 0.220 e. The largest absolute Gasteiger partial charge is 0.393 e. The zero-order chi connectivity index (χ0) is 17.9. The molecule has 3 aromatic rings. The first-order valence-corrected chi connectivity index (χ1v) is 9.00. The van der Waals surface area contributed by atoms with E-state index in [9.17, 15) is 9.90 Å². The first-order chi connectivity index (χ1) is 12.7. The minimum atomic E-state index is -0.263. The fourth-order valence-electron chi connectivity index (χ4n) is 3.49. The summed E-state index contributed by atoms with van der Waals surface area (Å²) in [4.78, 5) is 21.4. The van der Waals surface area contributed by atoms with Gasteiger partial charge in [-0.1, -0.05) is 12.1 Å². The quantitative estimate of drug-likeness (QED) is 0.715. The lowest BCUT2D eigenvalue weighted by Crippen LogP contribution is -2.41. The second-order valence-electron chi connectivity index (χ2n) is 6.88.